The largest absolute Gasteiger partial charge is 0.484 e. The van der Waals surface area contributed by atoms with Crippen molar-refractivity contribution >= 4 is 5.91 Å². The van der Waals surface area contributed by atoms with Crippen LogP contribution in [0.3, 0.4) is 0 Å². The van der Waals surface area contributed by atoms with Crippen LogP contribution < -0.4 is 4.74 Å². The second-order valence-electron chi connectivity index (χ2n) is 7.52. The lowest BCUT2D eigenvalue weighted by atomic mass is 9.85. The van der Waals surface area contributed by atoms with Crippen LogP contribution in [0.4, 0.5) is 0 Å². The second-order valence-corrected chi connectivity index (χ2v) is 7.52. The van der Waals surface area contributed by atoms with Crippen molar-refractivity contribution in [3.63, 3.8) is 0 Å². The van der Waals surface area contributed by atoms with E-state index in [4.69, 9.17) is 4.74 Å². The summed E-state index contributed by atoms with van der Waals surface area (Å²) in [6.07, 6.45) is 10.2. The number of hydrogen-bond acceptors (Lipinski definition) is 3. The predicted molar refractivity (Wildman–Crippen MR) is 100 cm³/mol. The van der Waals surface area contributed by atoms with E-state index in [-0.39, 0.29) is 12.5 Å². The minimum atomic E-state index is 0.0654. The van der Waals surface area contributed by atoms with E-state index in [0.717, 1.165) is 50.0 Å². The van der Waals surface area contributed by atoms with Gasteiger partial charge in [0.2, 0.25) is 0 Å². The highest BCUT2D eigenvalue weighted by molar-refractivity contribution is 5.78. The fourth-order valence-corrected chi connectivity index (χ4v) is 3.96. The molecule has 2 fully saturated rings. The summed E-state index contributed by atoms with van der Waals surface area (Å²) in [4.78, 5) is 19.2. The average Bonchev–Trinajstić information content (AvgIpc) is 3.12. The zero-order valence-electron chi connectivity index (χ0n) is 15.2. The van der Waals surface area contributed by atoms with Gasteiger partial charge in [0.05, 0.1) is 0 Å². The number of ether oxygens (including phenoxy) is 1. The Balaban J connectivity index is 1.35. The maximum Gasteiger partial charge on any atom is 0.260 e. The number of nitrogens with zero attached hydrogens (tertiary/aromatic N) is 3. The van der Waals surface area contributed by atoms with E-state index in [9.17, 15) is 4.79 Å². The lowest BCUT2D eigenvalue weighted by Gasteiger charge is -2.33. The number of para-hydroxylation sites is 1. The molecule has 0 radical (unpaired) electrons. The lowest BCUT2D eigenvalue weighted by molar-refractivity contribution is -0.134. The van der Waals surface area contributed by atoms with Gasteiger partial charge in [0.25, 0.3) is 5.91 Å². The molecule has 1 saturated carbocycles. The molecule has 1 atom stereocenters. The second kappa shape index (κ2) is 7.94. The Morgan fingerprint density at radius 2 is 2.00 bits per heavy atom. The molecule has 1 unspecified atom stereocenters. The lowest BCUT2D eigenvalue weighted by Crippen LogP contribution is -2.42. The molecule has 1 aromatic carbocycles. The number of carbonyl (C=O) groups excluding carboxylic acids is 1. The van der Waals surface area contributed by atoms with E-state index in [0.29, 0.717) is 5.92 Å². The summed E-state index contributed by atoms with van der Waals surface area (Å²) in [5, 5.41) is 0. The number of imidazole rings is 1. The van der Waals surface area contributed by atoms with Gasteiger partial charge in [-0.25, -0.2) is 4.98 Å². The Labute approximate surface area is 155 Å². The van der Waals surface area contributed by atoms with Gasteiger partial charge in [0, 0.05) is 37.9 Å². The predicted octanol–water partition coefficient (Wildman–Crippen LogP) is 3.47. The van der Waals surface area contributed by atoms with Crippen molar-refractivity contribution in [1.29, 1.82) is 0 Å². The van der Waals surface area contributed by atoms with E-state index < -0.39 is 0 Å². The minimum Gasteiger partial charge on any atom is -0.484 e. The number of likely N-dealkylation sites (tertiary alicyclic amines) is 1. The van der Waals surface area contributed by atoms with Crippen molar-refractivity contribution in [2.24, 2.45) is 5.92 Å². The van der Waals surface area contributed by atoms with Crippen LogP contribution >= 0.6 is 0 Å². The van der Waals surface area contributed by atoms with Gasteiger partial charge in [-0.1, -0.05) is 24.6 Å². The Kier molecular flexibility index (Phi) is 5.23. The Morgan fingerprint density at radius 3 is 2.77 bits per heavy atom. The minimum absolute atomic E-state index is 0.0654. The van der Waals surface area contributed by atoms with Crippen LogP contribution in [0.1, 0.15) is 43.8 Å². The van der Waals surface area contributed by atoms with E-state index >= 15 is 0 Å². The topological polar surface area (TPSA) is 47.4 Å². The summed E-state index contributed by atoms with van der Waals surface area (Å²) in [5.74, 6) is 3.10. The quantitative estimate of drug-likeness (QED) is 0.799. The molecule has 138 valence electrons. The van der Waals surface area contributed by atoms with Crippen molar-refractivity contribution < 1.29 is 9.53 Å². The molecule has 1 aliphatic carbocycles. The average molecular weight is 353 g/mol. The molecule has 2 heterocycles. The van der Waals surface area contributed by atoms with Crippen LogP contribution in [0.25, 0.3) is 0 Å². The van der Waals surface area contributed by atoms with Crippen molar-refractivity contribution in [3.05, 3.63) is 48.5 Å². The SMILES string of the molecule is O=C(COc1ccccc1)N1CCCC(c2nccn2CC2CCC2)C1. The number of amides is 1. The van der Waals surface area contributed by atoms with Gasteiger partial charge >= 0.3 is 0 Å². The van der Waals surface area contributed by atoms with Gasteiger partial charge in [-0.3, -0.25) is 4.79 Å². The molecule has 1 amide bonds. The molecule has 0 bridgehead atoms. The first-order valence-corrected chi connectivity index (χ1v) is 9.76. The Morgan fingerprint density at radius 1 is 1.15 bits per heavy atom. The molecular formula is C21H27N3O2. The summed E-state index contributed by atoms with van der Waals surface area (Å²) in [6.45, 7) is 2.75. The molecule has 1 saturated heterocycles. The maximum absolute atomic E-state index is 12.6. The molecule has 5 heteroatoms. The van der Waals surface area contributed by atoms with Crippen LogP contribution in [-0.4, -0.2) is 40.1 Å². The van der Waals surface area contributed by atoms with E-state index in [1.807, 2.05) is 41.4 Å². The fraction of sp³-hybridized carbons (Fsp3) is 0.524. The smallest absolute Gasteiger partial charge is 0.260 e. The molecular weight excluding hydrogens is 326 g/mol. The standard InChI is InChI=1S/C21H27N3O2/c25-20(16-26-19-9-2-1-3-10-19)23-12-5-8-18(15-23)21-22-11-13-24(21)14-17-6-4-7-17/h1-3,9-11,13,17-18H,4-8,12,14-16H2. The Hall–Kier alpha value is -2.30. The third-order valence-corrected chi connectivity index (χ3v) is 5.67. The zero-order valence-corrected chi connectivity index (χ0v) is 15.2. The summed E-state index contributed by atoms with van der Waals surface area (Å²) >= 11 is 0. The van der Waals surface area contributed by atoms with Gasteiger partial charge < -0.3 is 14.2 Å². The van der Waals surface area contributed by atoms with Crippen molar-refractivity contribution in [3.8, 4) is 5.75 Å². The van der Waals surface area contributed by atoms with Gasteiger partial charge in [-0.2, -0.15) is 0 Å². The third-order valence-electron chi connectivity index (χ3n) is 5.67. The molecule has 0 spiro atoms. The molecule has 1 aromatic heterocycles. The first-order chi connectivity index (χ1) is 12.8. The van der Waals surface area contributed by atoms with Gasteiger partial charge in [0.1, 0.15) is 11.6 Å². The van der Waals surface area contributed by atoms with Crippen LogP contribution in [0.2, 0.25) is 0 Å². The van der Waals surface area contributed by atoms with E-state index in [1.54, 1.807) is 0 Å². The fourth-order valence-electron chi connectivity index (χ4n) is 3.96. The van der Waals surface area contributed by atoms with E-state index in [1.165, 1.54) is 19.3 Å². The number of benzene rings is 1. The summed E-state index contributed by atoms with van der Waals surface area (Å²) in [5.41, 5.74) is 0. The van der Waals surface area contributed by atoms with Crippen LogP contribution in [0.5, 0.6) is 5.75 Å². The zero-order chi connectivity index (χ0) is 17.8. The number of aromatic nitrogens is 2. The molecule has 4 rings (SSSR count). The number of hydrogen-bond donors (Lipinski definition) is 0. The van der Waals surface area contributed by atoms with Crippen LogP contribution in [-0.2, 0) is 11.3 Å². The molecule has 26 heavy (non-hydrogen) atoms. The molecule has 1 aliphatic heterocycles. The highest BCUT2D eigenvalue weighted by Crippen LogP contribution is 2.31. The van der Waals surface area contributed by atoms with Crippen LogP contribution in [0.15, 0.2) is 42.7 Å². The van der Waals surface area contributed by atoms with Gasteiger partial charge in [0.15, 0.2) is 6.61 Å². The first kappa shape index (κ1) is 17.1. The molecule has 0 N–H and O–H groups in total. The number of piperidine rings is 1. The van der Waals surface area contributed by atoms with Crippen molar-refractivity contribution in [1.82, 2.24) is 14.5 Å². The van der Waals surface area contributed by atoms with Crippen LogP contribution in [0, 0.1) is 5.92 Å². The molecule has 2 aromatic rings. The van der Waals surface area contributed by atoms with Gasteiger partial charge in [-0.15, -0.1) is 0 Å². The first-order valence-electron chi connectivity index (χ1n) is 9.76. The highest BCUT2D eigenvalue weighted by atomic mass is 16.5. The maximum atomic E-state index is 12.6. The monoisotopic (exact) mass is 353 g/mol. The number of rotatable bonds is 6. The van der Waals surface area contributed by atoms with E-state index in [2.05, 4.69) is 15.7 Å². The third kappa shape index (κ3) is 3.92. The summed E-state index contributed by atoms with van der Waals surface area (Å²) in [6, 6.07) is 9.53. The molecule has 2 aliphatic rings. The normalized spacial score (nSPS) is 20.6. The van der Waals surface area contributed by atoms with Crippen molar-refractivity contribution in [2.75, 3.05) is 19.7 Å². The number of carbonyl (C=O) groups is 1. The molecule has 5 nitrogen and oxygen atoms in total. The van der Waals surface area contributed by atoms with Crippen molar-refractivity contribution in [2.45, 2.75) is 44.6 Å². The van der Waals surface area contributed by atoms with Gasteiger partial charge in [-0.05, 0) is 43.7 Å². The summed E-state index contributed by atoms with van der Waals surface area (Å²) < 4.78 is 7.96. The highest BCUT2D eigenvalue weighted by Gasteiger charge is 2.28. The summed E-state index contributed by atoms with van der Waals surface area (Å²) in [7, 11) is 0. The Bertz CT molecular complexity index is 724.